The van der Waals surface area contributed by atoms with Crippen LogP contribution in [0.15, 0.2) is 23.1 Å². The highest BCUT2D eigenvalue weighted by Crippen LogP contribution is 2.24. The Labute approximate surface area is 119 Å². The van der Waals surface area contributed by atoms with Crippen molar-refractivity contribution in [2.24, 2.45) is 0 Å². The number of carboxylic acid groups (broad SMARTS) is 1. The smallest absolute Gasteiger partial charge is 0.337 e. The van der Waals surface area contributed by atoms with Crippen molar-refractivity contribution in [3.63, 3.8) is 0 Å². The quantitative estimate of drug-likeness (QED) is 0.900. The molecule has 0 radical (unpaired) electrons. The number of benzene rings is 1. The molecule has 1 N–H and O–H groups in total. The van der Waals surface area contributed by atoms with Crippen molar-refractivity contribution in [2.45, 2.75) is 24.3 Å². The molecule has 9 heteroatoms. The number of carbonyl (C=O) groups is 1. The first-order valence-electron chi connectivity index (χ1n) is 5.38. The first-order chi connectivity index (χ1) is 9.09. The van der Waals surface area contributed by atoms with E-state index in [1.165, 1.54) is 0 Å². The first-order valence-corrected chi connectivity index (χ1v) is 7.20. The summed E-state index contributed by atoms with van der Waals surface area (Å²) in [6, 6.07) is 1.44. The second kappa shape index (κ2) is 6.02. The fourth-order valence-electron chi connectivity index (χ4n) is 1.37. The molecule has 0 aliphatic carbocycles. The zero-order valence-electron chi connectivity index (χ0n) is 10.5. The lowest BCUT2D eigenvalue weighted by Crippen LogP contribution is -2.39. The van der Waals surface area contributed by atoms with Gasteiger partial charge in [-0.2, -0.15) is 4.31 Å². The van der Waals surface area contributed by atoms with Gasteiger partial charge in [0.25, 0.3) is 6.43 Å². The van der Waals surface area contributed by atoms with Crippen LogP contribution in [-0.2, 0) is 10.0 Å². The summed E-state index contributed by atoms with van der Waals surface area (Å²) in [6.45, 7) is 1.06. The Morgan fingerprint density at radius 1 is 1.40 bits per heavy atom. The molecule has 0 aliphatic rings. The molecule has 1 aromatic carbocycles. The SMILES string of the molecule is CC(C(F)F)N(C)S(=O)(=O)c1ccc(C(=O)O)c(Cl)c1. The molecular weight excluding hydrogens is 316 g/mol. The third kappa shape index (κ3) is 3.25. The maximum Gasteiger partial charge on any atom is 0.337 e. The zero-order chi connectivity index (χ0) is 15.7. The molecule has 0 spiro atoms. The van der Waals surface area contributed by atoms with Gasteiger partial charge in [-0.25, -0.2) is 22.0 Å². The van der Waals surface area contributed by atoms with E-state index in [0.29, 0.717) is 4.31 Å². The fourth-order valence-corrected chi connectivity index (χ4v) is 3.07. The topological polar surface area (TPSA) is 74.7 Å². The maximum absolute atomic E-state index is 12.6. The van der Waals surface area contributed by atoms with Gasteiger partial charge >= 0.3 is 5.97 Å². The van der Waals surface area contributed by atoms with Crippen LogP contribution < -0.4 is 0 Å². The molecule has 0 aromatic heterocycles. The molecule has 0 saturated carbocycles. The number of aromatic carboxylic acids is 1. The Balaban J connectivity index is 3.23. The van der Waals surface area contributed by atoms with Gasteiger partial charge in [-0.05, 0) is 25.1 Å². The number of hydrogen-bond donors (Lipinski definition) is 1. The van der Waals surface area contributed by atoms with Crippen LogP contribution >= 0.6 is 11.6 Å². The fraction of sp³-hybridized carbons (Fsp3) is 0.364. The van der Waals surface area contributed by atoms with Crippen molar-refractivity contribution in [1.82, 2.24) is 4.31 Å². The first kappa shape index (κ1) is 16.8. The lowest BCUT2D eigenvalue weighted by molar-refractivity contribution is 0.0697. The summed E-state index contributed by atoms with van der Waals surface area (Å²) in [4.78, 5) is 10.4. The number of alkyl halides is 2. The van der Waals surface area contributed by atoms with Gasteiger partial charge in [0.2, 0.25) is 10.0 Å². The van der Waals surface area contributed by atoms with E-state index >= 15 is 0 Å². The van der Waals surface area contributed by atoms with Gasteiger partial charge in [0.05, 0.1) is 21.5 Å². The van der Waals surface area contributed by atoms with Crippen molar-refractivity contribution in [2.75, 3.05) is 7.05 Å². The van der Waals surface area contributed by atoms with Crippen LogP contribution in [0, 0.1) is 0 Å². The third-order valence-electron chi connectivity index (χ3n) is 2.79. The van der Waals surface area contributed by atoms with Crippen LogP contribution in [-0.4, -0.2) is 43.3 Å². The van der Waals surface area contributed by atoms with Crippen LogP contribution in [0.4, 0.5) is 8.78 Å². The predicted molar refractivity (Wildman–Crippen MR) is 68.8 cm³/mol. The Bertz CT molecular complexity index is 621. The van der Waals surface area contributed by atoms with Gasteiger partial charge < -0.3 is 5.11 Å². The third-order valence-corrected chi connectivity index (χ3v) is 5.04. The zero-order valence-corrected chi connectivity index (χ0v) is 12.1. The average Bonchev–Trinajstić information content (AvgIpc) is 2.36. The van der Waals surface area contributed by atoms with Gasteiger partial charge in [0.15, 0.2) is 0 Å². The second-order valence-electron chi connectivity index (χ2n) is 4.04. The number of sulfonamides is 1. The highest BCUT2D eigenvalue weighted by Gasteiger charge is 2.31. The summed E-state index contributed by atoms with van der Waals surface area (Å²) in [7, 11) is -3.15. The Morgan fingerprint density at radius 2 is 1.95 bits per heavy atom. The van der Waals surface area contributed by atoms with E-state index in [-0.39, 0.29) is 15.5 Å². The molecule has 1 aromatic rings. The molecule has 0 bridgehead atoms. The normalized spacial score (nSPS) is 13.8. The van der Waals surface area contributed by atoms with Gasteiger partial charge in [-0.1, -0.05) is 11.6 Å². The Morgan fingerprint density at radius 3 is 2.35 bits per heavy atom. The summed E-state index contributed by atoms with van der Waals surface area (Å²) in [5.41, 5.74) is -0.268. The standard InChI is InChI=1S/C11H12ClF2NO4S/c1-6(10(13)14)15(2)20(18,19)7-3-4-8(11(16)17)9(12)5-7/h3-6,10H,1-2H3,(H,16,17). The van der Waals surface area contributed by atoms with E-state index in [1.807, 2.05) is 0 Å². The molecule has 0 fully saturated rings. The van der Waals surface area contributed by atoms with Crippen LogP contribution in [0.2, 0.25) is 5.02 Å². The van der Waals surface area contributed by atoms with E-state index < -0.39 is 28.5 Å². The predicted octanol–water partition coefficient (Wildman–Crippen LogP) is 2.31. The van der Waals surface area contributed by atoms with Gasteiger partial charge in [0.1, 0.15) is 0 Å². The van der Waals surface area contributed by atoms with Gasteiger partial charge in [0, 0.05) is 7.05 Å². The summed E-state index contributed by atoms with van der Waals surface area (Å²) >= 11 is 5.67. The number of carboxylic acids is 1. The molecule has 0 amide bonds. The molecule has 112 valence electrons. The van der Waals surface area contributed by atoms with E-state index in [9.17, 15) is 22.0 Å². The van der Waals surface area contributed by atoms with Crippen LogP contribution in [0.1, 0.15) is 17.3 Å². The molecule has 0 saturated heterocycles. The van der Waals surface area contributed by atoms with E-state index in [2.05, 4.69) is 0 Å². The average molecular weight is 328 g/mol. The van der Waals surface area contributed by atoms with Crippen molar-refractivity contribution in [3.05, 3.63) is 28.8 Å². The number of halogens is 3. The van der Waals surface area contributed by atoms with E-state index in [0.717, 1.165) is 32.2 Å². The second-order valence-corrected chi connectivity index (χ2v) is 6.45. The molecule has 20 heavy (non-hydrogen) atoms. The number of rotatable bonds is 5. The Hall–Kier alpha value is -1.25. The monoisotopic (exact) mass is 327 g/mol. The number of hydrogen-bond acceptors (Lipinski definition) is 3. The number of nitrogens with zero attached hydrogens (tertiary/aromatic N) is 1. The van der Waals surface area contributed by atoms with Crippen LogP contribution in [0.5, 0.6) is 0 Å². The molecule has 1 unspecified atom stereocenters. The molecule has 1 rings (SSSR count). The summed E-state index contributed by atoms with van der Waals surface area (Å²) < 4.78 is 49.8. The van der Waals surface area contributed by atoms with Crippen molar-refractivity contribution in [1.29, 1.82) is 0 Å². The minimum absolute atomic E-state index is 0.268. The largest absolute Gasteiger partial charge is 0.478 e. The van der Waals surface area contributed by atoms with Gasteiger partial charge in [-0.15, -0.1) is 0 Å². The summed E-state index contributed by atoms with van der Waals surface area (Å²) in [5.74, 6) is -1.31. The molecule has 0 heterocycles. The van der Waals surface area contributed by atoms with E-state index in [4.69, 9.17) is 16.7 Å². The Kier molecular flexibility index (Phi) is 5.06. The van der Waals surface area contributed by atoms with Crippen molar-refractivity contribution >= 4 is 27.6 Å². The molecular formula is C11H12ClF2NO4S. The maximum atomic E-state index is 12.6. The molecule has 1 atom stereocenters. The van der Waals surface area contributed by atoms with Crippen LogP contribution in [0.25, 0.3) is 0 Å². The van der Waals surface area contributed by atoms with Gasteiger partial charge in [-0.3, -0.25) is 0 Å². The lowest BCUT2D eigenvalue weighted by atomic mass is 10.2. The summed E-state index contributed by atoms with van der Waals surface area (Å²) in [6.07, 6.45) is -2.84. The highest BCUT2D eigenvalue weighted by molar-refractivity contribution is 7.89. The van der Waals surface area contributed by atoms with E-state index in [1.54, 1.807) is 0 Å². The minimum atomic E-state index is -4.17. The van der Waals surface area contributed by atoms with Crippen LogP contribution in [0.3, 0.4) is 0 Å². The van der Waals surface area contributed by atoms with Crippen molar-refractivity contribution in [3.8, 4) is 0 Å². The molecule has 0 aliphatic heterocycles. The summed E-state index contributed by atoms with van der Waals surface area (Å²) in [5, 5.41) is 8.51. The van der Waals surface area contributed by atoms with Crippen molar-refractivity contribution < 1.29 is 27.1 Å². The minimum Gasteiger partial charge on any atom is -0.478 e. The highest BCUT2D eigenvalue weighted by atomic mass is 35.5. The lowest BCUT2D eigenvalue weighted by Gasteiger charge is -2.23. The molecule has 5 nitrogen and oxygen atoms in total.